The van der Waals surface area contributed by atoms with Gasteiger partial charge in [-0.05, 0) is 74.9 Å². The van der Waals surface area contributed by atoms with Gasteiger partial charge >= 0.3 is 0 Å². The lowest BCUT2D eigenvalue weighted by Crippen LogP contribution is -2.24. The molecule has 1 aromatic heterocycles. The Morgan fingerprint density at radius 2 is 1.65 bits per heavy atom. The predicted molar refractivity (Wildman–Crippen MR) is 136 cm³/mol. The van der Waals surface area contributed by atoms with Gasteiger partial charge in [0.15, 0.2) is 0 Å². The lowest BCUT2D eigenvalue weighted by molar-refractivity contribution is 0.102. The van der Waals surface area contributed by atoms with Crippen molar-refractivity contribution in [2.24, 2.45) is 0 Å². The molecule has 0 aliphatic carbocycles. The number of carbonyl (C=O) groups is 1. The summed E-state index contributed by atoms with van der Waals surface area (Å²) < 4.78 is 13.1. The molecule has 0 fully saturated rings. The monoisotopic (exact) mass is 457 g/mol. The van der Waals surface area contributed by atoms with Gasteiger partial charge in [0.25, 0.3) is 5.91 Å². The van der Waals surface area contributed by atoms with Crippen molar-refractivity contribution in [1.29, 1.82) is 0 Å². The summed E-state index contributed by atoms with van der Waals surface area (Å²) in [7, 11) is 0. The van der Waals surface area contributed by atoms with Crippen LogP contribution in [0.5, 0.6) is 0 Å². The van der Waals surface area contributed by atoms with E-state index in [-0.39, 0.29) is 11.7 Å². The fourth-order valence-electron chi connectivity index (χ4n) is 3.71. The Hall–Kier alpha value is -4.00. The maximum Gasteiger partial charge on any atom is 0.255 e. The number of hydrogen-bond donors (Lipinski definition) is 2. The molecule has 0 atom stereocenters. The first-order valence-corrected chi connectivity index (χ1v) is 11.4. The molecule has 1 amide bonds. The summed E-state index contributed by atoms with van der Waals surface area (Å²) >= 11 is 0. The van der Waals surface area contributed by atoms with Crippen LogP contribution in [-0.2, 0) is 6.54 Å². The molecule has 0 bridgehead atoms. The average molecular weight is 458 g/mol. The van der Waals surface area contributed by atoms with E-state index in [1.807, 2.05) is 30.3 Å². The summed E-state index contributed by atoms with van der Waals surface area (Å²) in [5.41, 5.74) is 4.18. The zero-order chi connectivity index (χ0) is 24.1. The third-order valence-electron chi connectivity index (χ3n) is 5.66. The molecule has 2 N–H and O–H groups in total. The zero-order valence-corrected chi connectivity index (χ0v) is 19.6. The summed E-state index contributed by atoms with van der Waals surface area (Å²) in [6.45, 7) is 8.48. The maximum atomic E-state index is 13.1. The Kier molecular flexibility index (Phi) is 7.01. The summed E-state index contributed by atoms with van der Waals surface area (Å²) in [6, 6.07) is 19.3. The lowest BCUT2D eigenvalue weighted by atomic mass is 10.1. The van der Waals surface area contributed by atoms with Gasteiger partial charge in [-0.3, -0.25) is 4.79 Å². The molecule has 6 nitrogen and oxygen atoms in total. The highest BCUT2D eigenvalue weighted by Gasteiger charge is 2.12. The second-order valence-electron chi connectivity index (χ2n) is 8.08. The van der Waals surface area contributed by atoms with E-state index in [1.54, 1.807) is 0 Å². The van der Waals surface area contributed by atoms with Gasteiger partial charge in [-0.1, -0.05) is 23.8 Å². The number of nitrogens with one attached hydrogen (secondary N) is 2. The molecule has 0 spiro atoms. The van der Waals surface area contributed by atoms with Crippen molar-refractivity contribution in [3.63, 3.8) is 0 Å². The van der Waals surface area contributed by atoms with Crippen molar-refractivity contribution in [2.75, 3.05) is 28.6 Å². The van der Waals surface area contributed by atoms with Crippen LogP contribution in [0.2, 0.25) is 0 Å². The number of carbonyl (C=O) groups excluding carboxylic acids is 1. The SMILES string of the molecule is CCN(CC)c1nc(NCc2ccc(NC(=O)c3ccc(F)cc3)cc2)c2cc(C)ccc2n1. The van der Waals surface area contributed by atoms with Crippen LogP contribution in [0, 0.1) is 12.7 Å². The molecule has 1 heterocycles. The Morgan fingerprint density at radius 1 is 0.941 bits per heavy atom. The van der Waals surface area contributed by atoms with Crippen LogP contribution in [0.1, 0.15) is 35.3 Å². The molecular weight excluding hydrogens is 429 g/mol. The van der Waals surface area contributed by atoms with Gasteiger partial charge in [0, 0.05) is 36.3 Å². The van der Waals surface area contributed by atoms with Gasteiger partial charge in [-0.2, -0.15) is 4.98 Å². The lowest BCUT2D eigenvalue weighted by Gasteiger charge is -2.20. The Morgan fingerprint density at radius 3 is 2.32 bits per heavy atom. The first-order chi connectivity index (χ1) is 16.5. The minimum atomic E-state index is -0.371. The van der Waals surface area contributed by atoms with Crippen LogP contribution < -0.4 is 15.5 Å². The number of aromatic nitrogens is 2. The number of amides is 1. The highest BCUT2D eigenvalue weighted by atomic mass is 19.1. The summed E-state index contributed by atoms with van der Waals surface area (Å²) in [6.07, 6.45) is 0. The van der Waals surface area contributed by atoms with Crippen LogP contribution >= 0.6 is 0 Å². The van der Waals surface area contributed by atoms with Crippen molar-refractivity contribution < 1.29 is 9.18 Å². The highest BCUT2D eigenvalue weighted by Crippen LogP contribution is 2.25. The Balaban J connectivity index is 1.49. The second-order valence-corrected chi connectivity index (χ2v) is 8.08. The quantitative estimate of drug-likeness (QED) is 0.351. The largest absolute Gasteiger partial charge is 0.365 e. The normalized spacial score (nSPS) is 10.8. The molecule has 7 heteroatoms. The van der Waals surface area contributed by atoms with E-state index in [0.717, 1.165) is 40.9 Å². The van der Waals surface area contributed by atoms with Crippen molar-refractivity contribution in [3.8, 4) is 0 Å². The van der Waals surface area contributed by atoms with E-state index in [1.165, 1.54) is 24.3 Å². The number of nitrogens with zero attached hydrogens (tertiary/aromatic N) is 3. The van der Waals surface area contributed by atoms with Gasteiger partial charge in [-0.15, -0.1) is 0 Å². The van der Waals surface area contributed by atoms with Crippen LogP contribution in [0.4, 0.5) is 21.8 Å². The molecule has 0 unspecified atom stereocenters. The third kappa shape index (κ3) is 5.31. The average Bonchev–Trinajstić information content (AvgIpc) is 2.85. The standard InChI is InChI=1S/C27H28FN5O/c1-4-33(5-2)27-31-24-15-6-18(3)16-23(24)25(32-27)29-17-19-7-13-22(14-8-19)30-26(34)20-9-11-21(28)12-10-20/h6-16H,4-5,17H2,1-3H3,(H,30,34)(H,29,31,32). The van der Waals surface area contributed by atoms with Crippen molar-refractivity contribution >= 4 is 34.3 Å². The van der Waals surface area contributed by atoms with Crippen LogP contribution in [-0.4, -0.2) is 29.0 Å². The molecule has 0 saturated carbocycles. The van der Waals surface area contributed by atoms with E-state index < -0.39 is 0 Å². The molecule has 174 valence electrons. The van der Waals surface area contributed by atoms with Gasteiger partial charge in [0.2, 0.25) is 5.95 Å². The van der Waals surface area contributed by atoms with Gasteiger partial charge in [-0.25, -0.2) is 9.37 Å². The second kappa shape index (κ2) is 10.3. The molecule has 3 aromatic carbocycles. The predicted octanol–water partition coefficient (Wildman–Crippen LogP) is 5.79. The molecule has 4 rings (SSSR count). The summed E-state index contributed by atoms with van der Waals surface area (Å²) in [5.74, 6) is 0.855. The molecule has 0 radical (unpaired) electrons. The Labute approximate surface area is 198 Å². The number of aryl methyl sites for hydroxylation is 1. The van der Waals surface area contributed by atoms with Gasteiger partial charge in [0.1, 0.15) is 11.6 Å². The minimum Gasteiger partial charge on any atom is -0.365 e. The van der Waals surface area contributed by atoms with E-state index in [2.05, 4.69) is 48.4 Å². The molecule has 0 aliphatic heterocycles. The topological polar surface area (TPSA) is 70.2 Å². The molecular formula is C27H28FN5O. The number of hydrogen-bond acceptors (Lipinski definition) is 5. The van der Waals surface area contributed by atoms with E-state index in [9.17, 15) is 9.18 Å². The number of benzene rings is 3. The smallest absolute Gasteiger partial charge is 0.255 e. The van der Waals surface area contributed by atoms with Crippen molar-refractivity contribution in [1.82, 2.24) is 9.97 Å². The van der Waals surface area contributed by atoms with Crippen LogP contribution in [0.15, 0.2) is 66.7 Å². The van der Waals surface area contributed by atoms with Gasteiger partial charge < -0.3 is 15.5 Å². The number of halogens is 1. The number of rotatable bonds is 8. The first-order valence-electron chi connectivity index (χ1n) is 11.4. The summed E-state index contributed by atoms with van der Waals surface area (Å²) in [4.78, 5) is 24.0. The van der Waals surface area contributed by atoms with Crippen molar-refractivity contribution in [2.45, 2.75) is 27.3 Å². The molecule has 0 aliphatic rings. The third-order valence-corrected chi connectivity index (χ3v) is 5.66. The van der Waals surface area contributed by atoms with E-state index in [0.29, 0.717) is 23.7 Å². The number of fused-ring (bicyclic) bond motifs is 1. The molecule has 34 heavy (non-hydrogen) atoms. The first kappa shape index (κ1) is 23.2. The fourth-order valence-corrected chi connectivity index (χ4v) is 3.71. The van der Waals surface area contributed by atoms with E-state index in [4.69, 9.17) is 9.97 Å². The molecule has 0 saturated heterocycles. The minimum absolute atomic E-state index is 0.280. The van der Waals surface area contributed by atoms with Crippen LogP contribution in [0.3, 0.4) is 0 Å². The van der Waals surface area contributed by atoms with E-state index >= 15 is 0 Å². The van der Waals surface area contributed by atoms with Crippen molar-refractivity contribution in [3.05, 3.63) is 89.2 Å². The number of anilines is 3. The molecule has 4 aromatic rings. The highest BCUT2D eigenvalue weighted by molar-refractivity contribution is 6.04. The fraction of sp³-hybridized carbons (Fsp3) is 0.222. The Bertz CT molecular complexity index is 1290. The summed E-state index contributed by atoms with van der Waals surface area (Å²) in [5, 5.41) is 7.28. The van der Waals surface area contributed by atoms with Gasteiger partial charge in [0.05, 0.1) is 5.52 Å². The zero-order valence-electron chi connectivity index (χ0n) is 19.6. The van der Waals surface area contributed by atoms with Crippen LogP contribution in [0.25, 0.3) is 10.9 Å². The maximum absolute atomic E-state index is 13.1.